The molecule has 2 rings (SSSR count). The minimum Gasteiger partial charge on any atom is -0.481 e. The Hall–Kier alpha value is -0.860. The number of carbonyl (C=O) groups excluding carboxylic acids is 1. The summed E-state index contributed by atoms with van der Waals surface area (Å²) < 4.78 is 0. The van der Waals surface area contributed by atoms with E-state index in [-0.39, 0.29) is 5.92 Å². The highest BCUT2D eigenvalue weighted by Gasteiger charge is 2.54. The minimum atomic E-state index is -0.667. The first-order valence-corrected chi connectivity index (χ1v) is 4.44. The van der Waals surface area contributed by atoms with Crippen LogP contribution in [-0.4, -0.2) is 16.9 Å². The molecule has 1 N–H and O–H groups in total. The van der Waals surface area contributed by atoms with Crippen LogP contribution in [0.4, 0.5) is 0 Å². The molecule has 2 aliphatic rings. The van der Waals surface area contributed by atoms with Crippen LogP contribution in [0.25, 0.3) is 0 Å². The first kappa shape index (κ1) is 7.77. The highest BCUT2D eigenvalue weighted by molar-refractivity contribution is 5.80. The molecule has 0 aromatic heterocycles. The average Bonchev–Trinajstić information content (AvgIpc) is 2.69. The molecule has 0 spiro atoms. The van der Waals surface area contributed by atoms with Crippen molar-refractivity contribution in [2.45, 2.75) is 25.7 Å². The Morgan fingerprint density at radius 3 is 2.17 bits per heavy atom. The minimum absolute atomic E-state index is 0.127. The van der Waals surface area contributed by atoms with Gasteiger partial charge < -0.3 is 5.11 Å². The van der Waals surface area contributed by atoms with Crippen LogP contribution in [0, 0.1) is 17.8 Å². The fraction of sp³-hybridized carbons (Fsp3) is 0.778. The first-order chi connectivity index (χ1) is 5.70. The third-order valence-electron chi connectivity index (χ3n) is 3.13. The summed E-state index contributed by atoms with van der Waals surface area (Å²) in [4.78, 5) is 21.6. The molecule has 12 heavy (non-hydrogen) atoms. The number of carboxylic acids is 1. The Labute approximate surface area is 70.8 Å². The molecular formula is C9H12O3. The first-order valence-electron chi connectivity index (χ1n) is 4.44. The molecule has 3 atom stereocenters. The van der Waals surface area contributed by atoms with E-state index in [1.807, 2.05) is 0 Å². The molecule has 0 aromatic carbocycles. The molecule has 3 nitrogen and oxygen atoms in total. The van der Waals surface area contributed by atoms with Crippen LogP contribution < -0.4 is 0 Å². The number of hydrogen-bond donors (Lipinski definition) is 1. The second-order valence-electron chi connectivity index (χ2n) is 3.81. The molecule has 0 saturated heterocycles. The molecule has 2 aliphatic carbocycles. The molecule has 0 aliphatic heterocycles. The van der Waals surface area contributed by atoms with E-state index in [0.29, 0.717) is 30.5 Å². The van der Waals surface area contributed by atoms with Crippen LogP contribution in [0.1, 0.15) is 25.7 Å². The van der Waals surface area contributed by atoms with E-state index in [1.165, 1.54) is 0 Å². The van der Waals surface area contributed by atoms with Crippen molar-refractivity contribution in [2.75, 3.05) is 0 Å². The summed E-state index contributed by atoms with van der Waals surface area (Å²) in [6.07, 6.45) is 2.82. The van der Waals surface area contributed by atoms with Gasteiger partial charge in [0.1, 0.15) is 5.78 Å². The lowest BCUT2D eigenvalue weighted by Gasteiger charge is -1.96. The molecule has 0 bridgehead atoms. The summed E-state index contributed by atoms with van der Waals surface area (Å²) in [7, 11) is 0. The van der Waals surface area contributed by atoms with Crippen molar-refractivity contribution < 1.29 is 14.7 Å². The van der Waals surface area contributed by atoms with E-state index in [1.54, 1.807) is 0 Å². The van der Waals surface area contributed by atoms with Gasteiger partial charge in [0, 0.05) is 12.8 Å². The number of Topliss-reactive ketones (excluding diaryl/α,β-unsaturated/α-hetero) is 1. The summed E-state index contributed by atoms with van der Waals surface area (Å²) in [6, 6.07) is 0. The van der Waals surface area contributed by atoms with Crippen molar-refractivity contribution in [3.8, 4) is 0 Å². The van der Waals surface area contributed by atoms with Crippen molar-refractivity contribution >= 4 is 11.8 Å². The van der Waals surface area contributed by atoms with Crippen LogP contribution >= 0.6 is 0 Å². The van der Waals surface area contributed by atoms with Crippen molar-refractivity contribution in [3.63, 3.8) is 0 Å². The summed E-state index contributed by atoms with van der Waals surface area (Å²) in [6.45, 7) is 0. The number of fused-ring (bicyclic) bond motifs is 1. The van der Waals surface area contributed by atoms with Crippen molar-refractivity contribution in [1.29, 1.82) is 0 Å². The van der Waals surface area contributed by atoms with Crippen molar-refractivity contribution in [3.05, 3.63) is 0 Å². The quantitative estimate of drug-likeness (QED) is 0.637. The molecule has 0 aromatic rings. The van der Waals surface area contributed by atoms with Crippen LogP contribution in [0.5, 0.6) is 0 Å². The van der Waals surface area contributed by atoms with Crippen molar-refractivity contribution in [1.82, 2.24) is 0 Å². The second-order valence-corrected chi connectivity index (χ2v) is 3.81. The van der Waals surface area contributed by atoms with Gasteiger partial charge in [0.2, 0.25) is 0 Å². The predicted octanol–water partition coefficient (Wildman–Crippen LogP) is 1.08. The van der Waals surface area contributed by atoms with E-state index in [2.05, 4.69) is 0 Å². The molecule has 0 heterocycles. The Bertz CT molecular complexity index is 218. The van der Waals surface area contributed by atoms with E-state index >= 15 is 0 Å². The highest BCUT2D eigenvalue weighted by atomic mass is 16.4. The smallest absolute Gasteiger partial charge is 0.307 e. The lowest BCUT2D eigenvalue weighted by molar-refractivity contribution is -0.139. The summed E-state index contributed by atoms with van der Waals surface area (Å²) in [5, 5.41) is 8.76. The average molecular weight is 168 g/mol. The standard InChI is InChI=1S/C9H12O3/c10-5-1-3-6-7(4-2-5)8(6)9(11)12/h6-8H,1-4H2,(H,11,12)/t6-,7+,8?. The second kappa shape index (κ2) is 2.57. The Kier molecular flexibility index (Phi) is 1.67. The zero-order valence-corrected chi connectivity index (χ0v) is 6.82. The molecule has 2 fully saturated rings. The topological polar surface area (TPSA) is 54.4 Å². The Balaban J connectivity index is 1.98. The third kappa shape index (κ3) is 1.13. The molecule has 3 heteroatoms. The zero-order valence-electron chi connectivity index (χ0n) is 6.82. The number of ketones is 1. The van der Waals surface area contributed by atoms with Gasteiger partial charge in [-0.2, -0.15) is 0 Å². The maximum absolute atomic E-state index is 11.0. The van der Waals surface area contributed by atoms with Gasteiger partial charge in [-0.3, -0.25) is 9.59 Å². The Morgan fingerprint density at radius 2 is 1.75 bits per heavy atom. The number of rotatable bonds is 1. The van der Waals surface area contributed by atoms with Gasteiger partial charge in [0.15, 0.2) is 0 Å². The molecule has 2 saturated carbocycles. The normalized spacial score (nSPS) is 40.0. The summed E-state index contributed by atoms with van der Waals surface area (Å²) >= 11 is 0. The van der Waals surface area contributed by atoms with Crippen LogP contribution in [0.2, 0.25) is 0 Å². The van der Waals surface area contributed by atoms with E-state index < -0.39 is 5.97 Å². The molecule has 0 radical (unpaired) electrons. The number of hydrogen-bond acceptors (Lipinski definition) is 2. The number of carbonyl (C=O) groups is 2. The lowest BCUT2D eigenvalue weighted by Crippen LogP contribution is -2.04. The van der Waals surface area contributed by atoms with Gasteiger partial charge in [-0.1, -0.05) is 0 Å². The van der Waals surface area contributed by atoms with Gasteiger partial charge in [-0.05, 0) is 24.7 Å². The largest absolute Gasteiger partial charge is 0.481 e. The SMILES string of the molecule is O=C1CC[C@@H]2C(C(=O)O)[C@@H]2CC1. The van der Waals surface area contributed by atoms with E-state index in [9.17, 15) is 9.59 Å². The van der Waals surface area contributed by atoms with Gasteiger partial charge in [-0.15, -0.1) is 0 Å². The molecule has 1 unspecified atom stereocenters. The van der Waals surface area contributed by atoms with Crippen LogP contribution in [0.15, 0.2) is 0 Å². The van der Waals surface area contributed by atoms with E-state index in [4.69, 9.17) is 5.11 Å². The monoisotopic (exact) mass is 168 g/mol. The van der Waals surface area contributed by atoms with Crippen LogP contribution in [-0.2, 0) is 9.59 Å². The van der Waals surface area contributed by atoms with Crippen LogP contribution in [0.3, 0.4) is 0 Å². The summed E-state index contributed by atoms with van der Waals surface area (Å²) in [5.74, 6) is 0.145. The van der Waals surface area contributed by atoms with Gasteiger partial charge in [-0.25, -0.2) is 0 Å². The van der Waals surface area contributed by atoms with Crippen molar-refractivity contribution in [2.24, 2.45) is 17.8 Å². The Morgan fingerprint density at radius 1 is 1.25 bits per heavy atom. The zero-order chi connectivity index (χ0) is 8.72. The fourth-order valence-electron chi connectivity index (χ4n) is 2.38. The number of aliphatic carboxylic acids is 1. The molecular weight excluding hydrogens is 156 g/mol. The van der Waals surface area contributed by atoms with Gasteiger partial charge >= 0.3 is 5.97 Å². The van der Waals surface area contributed by atoms with Gasteiger partial charge in [0.05, 0.1) is 5.92 Å². The molecule has 66 valence electrons. The lowest BCUT2D eigenvalue weighted by atomic mass is 10.1. The predicted molar refractivity (Wildman–Crippen MR) is 41.6 cm³/mol. The third-order valence-corrected chi connectivity index (χ3v) is 3.13. The molecule has 0 amide bonds. The number of carboxylic acid groups (broad SMARTS) is 1. The highest BCUT2D eigenvalue weighted by Crippen LogP contribution is 2.53. The maximum atomic E-state index is 11.0. The van der Waals surface area contributed by atoms with Gasteiger partial charge in [0.25, 0.3) is 0 Å². The maximum Gasteiger partial charge on any atom is 0.307 e. The summed E-state index contributed by atoms with van der Waals surface area (Å²) in [5.41, 5.74) is 0. The fourth-order valence-corrected chi connectivity index (χ4v) is 2.38. The van der Waals surface area contributed by atoms with E-state index in [0.717, 1.165) is 12.8 Å².